The number of benzene rings is 1. The molecule has 1 aromatic carbocycles. The average Bonchev–Trinajstić information content (AvgIpc) is 2.98. The van der Waals surface area contributed by atoms with Gasteiger partial charge in [-0.05, 0) is 42.0 Å². The predicted molar refractivity (Wildman–Crippen MR) is 85.6 cm³/mol. The number of halogens is 1. The maximum atomic E-state index is 13.1. The van der Waals surface area contributed by atoms with Crippen molar-refractivity contribution in [3.63, 3.8) is 0 Å². The lowest BCUT2D eigenvalue weighted by molar-refractivity contribution is -0.133. The van der Waals surface area contributed by atoms with E-state index in [4.69, 9.17) is 5.11 Å². The minimum atomic E-state index is -0.915. The van der Waals surface area contributed by atoms with Crippen LogP contribution in [-0.4, -0.2) is 32.0 Å². The Morgan fingerprint density at radius 3 is 2.48 bits per heavy atom. The van der Waals surface area contributed by atoms with E-state index < -0.39 is 5.97 Å². The summed E-state index contributed by atoms with van der Waals surface area (Å²) in [6.07, 6.45) is 3.31. The number of aromatic nitrogens is 3. The molecule has 2 heterocycles. The summed E-state index contributed by atoms with van der Waals surface area (Å²) in [5.74, 6) is -1.33. The second-order valence-corrected chi connectivity index (χ2v) is 5.67. The van der Waals surface area contributed by atoms with Gasteiger partial charge in [0.25, 0.3) is 0 Å². The highest BCUT2D eigenvalue weighted by Gasteiger charge is 2.18. The largest absolute Gasteiger partial charge is 0.481 e. The van der Waals surface area contributed by atoms with E-state index in [2.05, 4.69) is 15.2 Å². The van der Waals surface area contributed by atoms with Crippen molar-refractivity contribution in [2.75, 3.05) is 5.75 Å². The fourth-order valence-electron chi connectivity index (χ4n) is 2.17. The Kier molecular flexibility index (Phi) is 4.38. The first-order valence-corrected chi connectivity index (χ1v) is 7.73. The number of carboxylic acids is 1. The number of H-pyrrole nitrogens is 1. The van der Waals surface area contributed by atoms with E-state index in [1.165, 1.54) is 12.1 Å². The summed E-state index contributed by atoms with van der Waals surface area (Å²) in [5, 5.41) is 16.6. The van der Waals surface area contributed by atoms with Crippen molar-refractivity contribution >= 4 is 17.7 Å². The summed E-state index contributed by atoms with van der Waals surface area (Å²) in [5.41, 5.74) is 3.13. The van der Waals surface area contributed by atoms with E-state index in [1.807, 2.05) is 12.1 Å². The zero-order valence-electron chi connectivity index (χ0n) is 11.9. The maximum absolute atomic E-state index is 13.1. The molecule has 0 fully saturated rings. The van der Waals surface area contributed by atoms with E-state index in [-0.39, 0.29) is 11.6 Å². The van der Waals surface area contributed by atoms with Crippen LogP contribution >= 0.6 is 11.8 Å². The molecule has 0 atom stereocenters. The lowest BCUT2D eigenvalue weighted by Crippen LogP contribution is -1.98. The summed E-state index contributed by atoms with van der Waals surface area (Å²) >= 11 is 1.13. The third-order valence-corrected chi connectivity index (χ3v) is 4.13. The van der Waals surface area contributed by atoms with Crippen molar-refractivity contribution in [1.82, 2.24) is 15.2 Å². The number of carboxylic acid groups (broad SMARTS) is 1. The molecule has 0 radical (unpaired) electrons. The van der Waals surface area contributed by atoms with E-state index in [0.29, 0.717) is 10.7 Å². The molecule has 3 aromatic rings. The smallest absolute Gasteiger partial charge is 0.313 e. The number of aromatic amines is 1. The van der Waals surface area contributed by atoms with Gasteiger partial charge in [0.05, 0.1) is 11.4 Å². The zero-order chi connectivity index (χ0) is 16.2. The van der Waals surface area contributed by atoms with Crippen molar-refractivity contribution in [3.05, 3.63) is 54.6 Å². The third-order valence-electron chi connectivity index (χ3n) is 3.17. The molecule has 0 aliphatic rings. The Labute approximate surface area is 135 Å². The summed E-state index contributed by atoms with van der Waals surface area (Å²) in [6, 6.07) is 9.69. The average molecular weight is 329 g/mol. The fraction of sp³-hybridized carbons (Fsp3) is 0.0625. The number of hydrogen-bond acceptors (Lipinski definition) is 4. The molecule has 23 heavy (non-hydrogen) atoms. The van der Waals surface area contributed by atoms with Crippen LogP contribution in [0.1, 0.15) is 0 Å². The minimum absolute atomic E-state index is 0.0915. The molecule has 0 unspecified atom stereocenters. The number of rotatable bonds is 5. The minimum Gasteiger partial charge on any atom is -0.481 e. The molecule has 0 saturated carbocycles. The molecular weight excluding hydrogens is 317 g/mol. The third kappa shape index (κ3) is 3.40. The van der Waals surface area contributed by atoms with Gasteiger partial charge in [0.2, 0.25) is 0 Å². The van der Waals surface area contributed by atoms with Crippen LogP contribution in [0, 0.1) is 5.82 Å². The first kappa shape index (κ1) is 15.2. The summed E-state index contributed by atoms with van der Waals surface area (Å²) in [4.78, 5) is 14.8. The number of pyridine rings is 1. The van der Waals surface area contributed by atoms with Crippen LogP contribution in [0.2, 0.25) is 0 Å². The number of nitrogens with zero attached hydrogens (tertiary/aromatic N) is 2. The molecule has 2 aromatic heterocycles. The Morgan fingerprint density at radius 1 is 1.13 bits per heavy atom. The van der Waals surface area contributed by atoms with Crippen LogP contribution in [0.15, 0.2) is 53.8 Å². The second kappa shape index (κ2) is 6.62. The standard InChI is InChI=1S/C16H12FN3O2S/c17-12-3-1-11(2-4-12)15-14(10-5-7-18-8-6-10)16(20-19-15)23-9-13(21)22/h1-8H,9H2,(H,19,20)(H,21,22). The van der Waals surface area contributed by atoms with Crippen molar-refractivity contribution < 1.29 is 14.3 Å². The molecular formula is C16H12FN3O2S. The molecule has 2 N–H and O–H groups in total. The number of aliphatic carboxylic acids is 1. The van der Waals surface area contributed by atoms with Crippen molar-refractivity contribution in [2.45, 2.75) is 5.03 Å². The lowest BCUT2D eigenvalue weighted by Gasteiger charge is -2.06. The molecule has 0 bridgehead atoms. The predicted octanol–water partition coefficient (Wildman–Crippen LogP) is 3.45. The normalized spacial score (nSPS) is 10.7. The molecule has 0 aliphatic carbocycles. The number of nitrogens with one attached hydrogen (secondary N) is 1. The second-order valence-electron chi connectivity index (χ2n) is 4.70. The highest BCUT2D eigenvalue weighted by Crippen LogP contribution is 2.37. The number of hydrogen-bond donors (Lipinski definition) is 2. The van der Waals surface area contributed by atoms with E-state index in [9.17, 15) is 9.18 Å². The topological polar surface area (TPSA) is 78.9 Å². The first-order chi connectivity index (χ1) is 11.1. The molecule has 0 saturated heterocycles. The van der Waals surface area contributed by atoms with Gasteiger partial charge in [0.1, 0.15) is 10.8 Å². The molecule has 5 nitrogen and oxygen atoms in total. The van der Waals surface area contributed by atoms with Crippen molar-refractivity contribution in [3.8, 4) is 22.4 Å². The van der Waals surface area contributed by atoms with Gasteiger partial charge in [-0.3, -0.25) is 14.9 Å². The van der Waals surface area contributed by atoms with Crippen LogP contribution in [0.5, 0.6) is 0 Å². The van der Waals surface area contributed by atoms with Crippen molar-refractivity contribution in [2.24, 2.45) is 0 Å². The van der Waals surface area contributed by atoms with Gasteiger partial charge in [-0.1, -0.05) is 11.8 Å². The SMILES string of the molecule is O=C(O)CSc1n[nH]c(-c2ccc(F)cc2)c1-c1ccncc1. The molecule has 3 rings (SSSR count). The van der Waals surface area contributed by atoms with Gasteiger partial charge < -0.3 is 5.11 Å². The van der Waals surface area contributed by atoms with E-state index in [0.717, 1.165) is 28.5 Å². The van der Waals surface area contributed by atoms with Crippen LogP contribution < -0.4 is 0 Å². The van der Waals surface area contributed by atoms with Gasteiger partial charge in [0.15, 0.2) is 0 Å². The highest BCUT2D eigenvalue weighted by atomic mass is 32.2. The summed E-state index contributed by atoms with van der Waals surface area (Å²) in [7, 11) is 0. The van der Waals surface area contributed by atoms with Crippen LogP contribution in [0.3, 0.4) is 0 Å². The highest BCUT2D eigenvalue weighted by molar-refractivity contribution is 8.00. The van der Waals surface area contributed by atoms with Crippen LogP contribution in [0.25, 0.3) is 22.4 Å². The van der Waals surface area contributed by atoms with E-state index >= 15 is 0 Å². The van der Waals surface area contributed by atoms with Gasteiger partial charge in [-0.25, -0.2) is 4.39 Å². The van der Waals surface area contributed by atoms with Gasteiger partial charge in [-0.15, -0.1) is 0 Å². The Hall–Kier alpha value is -2.67. The molecule has 116 valence electrons. The molecule has 7 heteroatoms. The monoisotopic (exact) mass is 329 g/mol. The van der Waals surface area contributed by atoms with Crippen molar-refractivity contribution in [1.29, 1.82) is 0 Å². The van der Waals surface area contributed by atoms with Crippen LogP contribution in [-0.2, 0) is 4.79 Å². The molecule has 0 amide bonds. The summed E-state index contributed by atoms with van der Waals surface area (Å²) in [6.45, 7) is 0. The number of thioether (sulfide) groups is 1. The summed E-state index contributed by atoms with van der Waals surface area (Å²) < 4.78 is 13.1. The van der Waals surface area contributed by atoms with E-state index in [1.54, 1.807) is 24.5 Å². The van der Waals surface area contributed by atoms with Gasteiger partial charge in [0, 0.05) is 23.5 Å². The van der Waals surface area contributed by atoms with Gasteiger partial charge in [-0.2, -0.15) is 5.10 Å². The number of carbonyl (C=O) groups is 1. The van der Waals surface area contributed by atoms with Gasteiger partial charge >= 0.3 is 5.97 Å². The molecule has 0 spiro atoms. The fourth-order valence-corrected chi connectivity index (χ4v) is 2.91. The Morgan fingerprint density at radius 2 is 1.83 bits per heavy atom. The first-order valence-electron chi connectivity index (χ1n) is 6.74. The Bertz CT molecular complexity index is 819. The maximum Gasteiger partial charge on any atom is 0.313 e. The quantitative estimate of drug-likeness (QED) is 0.701. The zero-order valence-corrected chi connectivity index (χ0v) is 12.7. The molecule has 0 aliphatic heterocycles. The van der Waals surface area contributed by atoms with Crippen LogP contribution in [0.4, 0.5) is 4.39 Å². The Balaban J connectivity index is 2.09. The lowest BCUT2D eigenvalue weighted by atomic mass is 10.0.